The fourth-order valence-electron chi connectivity index (χ4n) is 2.53. The Kier molecular flexibility index (Phi) is 5.31. The van der Waals surface area contributed by atoms with Crippen LogP contribution >= 0.6 is 0 Å². The summed E-state index contributed by atoms with van der Waals surface area (Å²) >= 11 is 0. The van der Waals surface area contributed by atoms with Gasteiger partial charge in [0.25, 0.3) is 5.89 Å². The molecule has 0 radical (unpaired) electrons. The molecule has 3 aromatic rings. The van der Waals surface area contributed by atoms with Crippen molar-refractivity contribution in [2.24, 2.45) is 0 Å². The summed E-state index contributed by atoms with van der Waals surface area (Å²) in [5.74, 6) is 0.882. The zero-order valence-electron chi connectivity index (χ0n) is 15.0. The van der Waals surface area contributed by atoms with E-state index in [1.165, 1.54) is 0 Å². The second-order valence-corrected chi connectivity index (χ2v) is 5.76. The van der Waals surface area contributed by atoms with Gasteiger partial charge in [-0.25, -0.2) is 4.79 Å². The first kappa shape index (κ1) is 17.7. The average Bonchev–Trinajstić information content (AvgIpc) is 3.11. The Hall–Kier alpha value is -3.15. The molecule has 0 bridgehead atoms. The highest BCUT2D eigenvalue weighted by molar-refractivity contribution is 5.91. The minimum absolute atomic E-state index is 0.0873. The second kappa shape index (κ2) is 7.82. The number of aryl methyl sites for hydroxylation is 1. The third-order valence-corrected chi connectivity index (χ3v) is 4.05. The lowest BCUT2D eigenvalue weighted by atomic mass is 10.0. The van der Waals surface area contributed by atoms with E-state index in [-0.39, 0.29) is 12.5 Å². The Morgan fingerprint density at radius 3 is 2.73 bits per heavy atom. The first-order valence-corrected chi connectivity index (χ1v) is 8.38. The van der Waals surface area contributed by atoms with Crippen LogP contribution in [-0.4, -0.2) is 22.7 Å². The number of nitrogens with zero attached hydrogens (tertiary/aromatic N) is 2. The smallest absolute Gasteiger partial charge is 0.338 e. The molecule has 6 nitrogen and oxygen atoms in total. The first-order chi connectivity index (χ1) is 12.6. The van der Waals surface area contributed by atoms with Gasteiger partial charge in [-0.2, -0.15) is 4.98 Å². The number of rotatable bonds is 6. The average molecular weight is 352 g/mol. The second-order valence-electron chi connectivity index (χ2n) is 5.76. The van der Waals surface area contributed by atoms with Crippen LogP contribution < -0.4 is 4.74 Å². The van der Waals surface area contributed by atoms with Gasteiger partial charge in [0.1, 0.15) is 5.75 Å². The van der Waals surface area contributed by atoms with E-state index < -0.39 is 5.97 Å². The number of hydrogen-bond acceptors (Lipinski definition) is 6. The summed E-state index contributed by atoms with van der Waals surface area (Å²) in [4.78, 5) is 16.6. The first-order valence-electron chi connectivity index (χ1n) is 8.38. The Morgan fingerprint density at radius 2 is 1.92 bits per heavy atom. The molecule has 2 aromatic carbocycles. The van der Waals surface area contributed by atoms with Crippen molar-refractivity contribution in [1.29, 1.82) is 0 Å². The predicted molar refractivity (Wildman–Crippen MR) is 95.9 cm³/mol. The molecule has 0 spiro atoms. The van der Waals surface area contributed by atoms with Crippen LogP contribution in [-0.2, 0) is 11.3 Å². The van der Waals surface area contributed by atoms with Gasteiger partial charge in [-0.1, -0.05) is 29.4 Å². The maximum atomic E-state index is 12.3. The molecule has 0 N–H and O–H groups in total. The summed E-state index contributed by atoms with van der Waals surface area (Å²) in [7, 11) is 0. The lowest BCUT2D eigenvalue weighted by molar-refractivity contribution is 0.0429. The normalized spacial score (nSPS) is 10.6. The summed E-state index contributed by atoms with van der Waals surface area (Å²) in [6.45, 7) is 6.20. The molecule has 1 aromatic heterocycles. The van der Waals surface area contributed by atoms with E-state index in [1.54, 1.807) is 6.07 Å². The van der Waals surface area contributed by atoms with Crippen LogP contribution in [0.15, 0.2) is 47.0 Å². The summed E-state index contributed by atoms with van der Waals surface area (Å²) in [5, 5.41) is 3.95. The van der Waals surface area contributed by atoms with Crippen LogP contribution in [0.4, 0.5) is 0 Å². The van der Waals surface area contributed by atoms with Crippen molar-refractivity contribution in [3.05, 3.63) is 65.0 Å². The molecule has 0 amide bonds. The Labute approximate surface area is 151 Å². The van der Waals surface area contributed by atoms with E-state index >= 15 is 0 Å². The molecule has 0 saturated heterocycles. The zero-order chi connectivity index (χ0) is 18.5. The molecule has 0 aliphatic heterocycles. The van der Waals surface area contributed by atoms with Gasteiger partial charge in [-0.15, -0.1) is 0 Å². The van der Waals surface area contributed by atoms with Crippen LogP contribution in [0.1, 0.15) is 34.3 Å². The van der Waals surface area contributed by atoms with Gasteiger partial charge in [0.05, 0.1) is 17.7 Å². The van der Waals surface area contributed by atoms with Crippen molar-refractivity contribution in [2.45, 2.75) is 27.4 Å². The van der Waals surface area contributed by atoms with Gasteiger partial charge < -0.3 is 14.0 Å². The maximum Gasteiger partial charge on any atom is 0.338 e. The Balaban J connectivity index is 1.71. The van der Waals surface area contributed by atoms with Crippen LogP contribution in [0.5, 0.6) is 5.75 Å². The van der Waals surface area contributed by atoms with Gasteiger partial charge >= 0.3 is 5.97 Å². The highest BCUT2D eigenvalue weighted by Gasteiger charge is 2.16. The summed E-state index contributed by atoms with van der Waals surface area (Å²) in [5.41, 5.74) is 3.19. The van der Waals surface area contributed by atoms with Crippen molar-refractivity contribution >= 4 is 5.97 Å². The van der Waals surface area contributed by atoms with Crippen molar-refractivity contribution in [3.63, 3.8) is 0 Å². The number of esters is 1. The molecule has 6 heteroatoms. The largest absolute Gasteiger partial charge is 0.493 e. The number of carbonyl (C=O) groups excluding carboxylic acids is 1. The van der Waals surface area contributed by atoms with Crippen LogP contribution in [0.25, 0.3) is 11.4 Å². The number of ether oxygens (including phenoxy) is 2. The molecule has 0 unspecified atom stereocenters. The van der Waals surface area contributed by atoms with Gasteiger partial charge in [0, 0.05) is 0 Å². The third kappa shape index (κ3) is 3.74. The highest BCUT2D eigenvalue weighted by Crippen LogP contribution is 2.27. The van der Waals surface area contributed by atoms with Crippen molar-refractivity contribution in [1.82, 2.24) is 10.1 Å². The quantitative estimate of drug-likeness (QED) is 0.622. The molecular weight excluding hydrogens is 332 g/mol. The zero-order valence-corrected chi connectivity index (χ0v) is 15.0. The van der Waals surface area contributed by atoms with Crippen molar-refractivity contribution in [3.8, 4) is 17.1 Å². The maximum absolute atomic E-state index is 12.3. The third-order valence-electron chi connectivity index (χ3n) is 4.05. The summed E-state index contributed by atoms with van der Waals surface area (Å²) < 4.78 is 16.1. The molecule has 0 atom stereocenters. The van der Waals surface area contributed by atoms with E-state index in [1.807, 2.05) is 57.2 Å². The van der Waals surface area contributed by atoms with Gasteiger partial charge in [0.15, 0.2) is 6.61 Å². The van der Waals surface area contributed by atoms with Crippen LogP contribution in [0.2, 0.25) is 0 Å². The summed E-state index contributed by atoms with van der Waals surface area (Å²) in [6.07, 6.45) is 0. The van der Waals surface area contributed by atoms with E-state index in [9.17, 15) is 4.79 Å². The van der Waals surface area contributed by atoms with E-state index in [4.69, 9.17) is 14.0 Å². The van der Waals surface area contributed by atoms with E-state index in [0.717, 1.165) is 16.7 Å². The van der Waals surface area contributed by atoms with E-state index in [2.05, 4.69) is 10.1 Å². The number of aromatic nitrogens is 2. The molecule has 0 saturated carbocycles. The summed E-state index contributed by atoms with van der Waals surface area (Å²) in [6, 6.07) is 13.0. The van der Waals surface area contributed by atoms with Crippen LogP contribution in [0.3, 0.4) is 0 Å². The lowest BCUT2D eigenvalue weighted by Crippen LogP contribution is -2.08. The molecule has 1 heterocycles. The molecule has 0 aliphatic carbocycles. The number of carbonyl (C=O) groups is 1. The van der Waals surface area contributed by atoms with Gasteiger partial charge in [-0.05, 0) is 50.1 Å². The standard InChI is InChI=1S/C20H20N2O4/c1-4-24-17-11-6-5-9-16(17)19-21-18(26-22-19)12-25-20(23)15-10-7-8-13(2)14(15)3/h5-11H,4,12H2,1-3H3. The Morgan fingerprint density at radius 1 is 1.12 bits per heavy atom. The molecule has 0 fully saturated rings. The highest BCUT2D eigenvalue weighted by atomic mass is 16.6. The fourth-order valence-corrected chi connectivity index (χ4v) is 2.53. The molecular formula is C20H20N2O4. The minimum atomic E-state index is -0.416. The van der Waals surface area contributed by atoms with Crippen LogP contribution in [0, 0.1) is 13.8 Å². The molecule has 26 heavy (non-hydrogen) atoms. The minimum Gasteiger partial charge on any atom is -0.493 e. The van der Waals surface area contributed by atoms with Crippen molar-refractivity contribution in [2.75, 3.05) is 6.61 Å². The topological polar surface area (TPSA) is 74.5 Å². The predicted octanol–water partition coefficient (Wildman–Crippen LogP) is 4.11. The Bertz CT molecular complexity index is 918. The number of benzene rings is 2. The van der Waals surface area contributed by atoms with Gasteiger partial charge in [-0.3, -0.25) is 0 Å². The monoisotopic (exact) mass is 352 g/mol. The fraction of sp³-hybridized carbons (Fsp3) is 0.250. The number of para-hydroxylation sites is 1. The number of hydrogen-bond donors (Lipinski definition) is 0. The molecule has 134 valence electrons. The van der Waals surface area contributed by atoms with Crippen molar-refractivity contribution < 1.29 is 18.8 Å². The lowest BCUT2D eigenvalue weighted by Gasteiger charge is -2.07. The SMILES string of the molecule is CCOc1ccccc1-c1noc(COC(=O)c2cccc(C)c2C)n1. The van der Waals surface area contributed by atoms with Gasteiger partial charge in [0.2, 0.25) is 5.82 Å². The molecule has 3 rings (SSSR count). The molecule has 0 aliphatic rings. The van der Waals surface area contributed by atoms with E-state index in [0.29, 0.717) is 23.7 Å².